The van der Waals surface area contributed by atoms with Gasteiger partial charge in [-0.25, -0.2) is 0 Å². The molecule has 1 atom stereocenters. The Balaban J connectivity index is 1.49. The number of rotatable bonds is 5. The van der Waals surface area contributed by atoms with Crippen molar-refractivity contribution in [2.45, 2.75) is 51.6 Å². The number of nitrogens with zero attached hydrogens (tertiary/aromatic N) is 4. The number of aromatic nitrogens is 2. The van der Waals surface area contributed by atoms with Crippen LogP contribution in [0.15, 0.2) is 30.3 Å². The van der Waals surface area contributed by atoms with Crippen LogP contribution in [0.3, 0.4) is 0 Å². The molecule has 1 aromatic heterocycles. The zero-order valence-corrected chi connectivity index (χ0v) is 19.0. The van der Waals surface area contributed by atoms with E-state index in [0.717, 1.165) is 41.9 Å². The molecule has 30 heavy (non-hydrogen) atoms. The summed E-state index contributed by atoms with van der Waals surface area (Å²) in [6.07, 6.45) is 6.11. The zero-order valence-electron chi connectivity index (χ0n) is 17.4. The van der Waals surface area contributed by atoms with Crippen LogP contribution in [-0.4, -0.2) is 40.8 Å². The number of hydrogen-bond donors (Lipinski definition) is 2. The van der Waals surface area contributed by atoms with Gasteiger partial charge in [0.2, 0.25) is 5.95 Å². The number of nitrogens with one attached hydrogen (secondary N) is 2. The average Bonchev–Trinajstić information content (AvgIpc) is 3.28. The first-order valence-corrected chi connectivity index (χ1v) is 11.6. The monoisotopic (exact) mass is 444 g/mol. The number of thiocarbonyl (C=S) groups is 1. The maximum Gasteiger partial charge on any atom is 0.232 e. The molecule has 0 radical (unpaired) electrons. The predicted octanol–water partition coefficient (Wildman–Crippen LogP) is 4.60. The van der Waals surface area contributed by atoms with Gasteiger partial charge >= 0.3 is 0 Å². The molecule has 1 aromatic carbocycles. The van der Waals surface area contributed by atoms with Crippen LogP contribution in [0.4, 0.5) is 17.6 Å². The summed E-state index contributed by atoms with van der Waals surface area (Å²) in [5.41, 5.74) is 1.11. The summed E-state index contributed by atoms with van der Waals surface area (Å²) in [4.78, 5) is 14.3. The van der Waals surface area contributed by atoms with Gasteiger partial charge in [-0.15, -0.1) is 0 Å². The summed E-state index contributed by atoms with van der Waals surface area (Å²) in [6, 6.07) is 10.4. The van der Waals surface area contributed by atoms with E-state index in [1.807, 2.05) is 24.3 Å². The van der Waals surface area contributed by atoms with E-state index in [1.165, 1.54) is 32.1 Å². The molecule has 6 nitrogen and oxygen atoms in total. The van der Waals surface area contributed by atoms with Crippen LogP contribution >= 0.6 is 23.8 Å². The molecule has 0 unspecified atom stereocenters. The fraction of sp³-hybridized carbons (Fsp3) is 0.500. The van der Waals surface area contributed by atoms with Crippen LogP contribution in [0.5, 0.6) is 0 Å². The average molecular weight is 445 g/mol. The Morgan fingerprint density at radius 2 is 1.77 bits per heavy atom. The zero-order chi connectivity index (χ0) is 20.9. The third-order valence-electron chi connectivity index (χ3n) is 5.82. The third-order valence-corrected chi connectivity index (χ3v) is 6.32. The van der Waals surface area contributed by atoms with E-state index >= 15 is 0 Å². The van der Waals surface area contributed by atoms with E-state index in [4.69, 9.17) is 33.8 Å². The molecule has 2 aliphatic heterocycles. The Labute approximate surface area is 189 Å². The van der Waals surface area contributed by atoms with E-state index in [0.29, 0.717) is 23.6 Å². The molecule has 0 aliphatic carbocycles. The number of hydrogen-bond acceptors (Lipinski definition) is 5. The van der Waals surface area contributed by atoms with Crippen LogP contribution in [-0.2, 0) is 6.54 Å². The lowest BCUT2D eigenvalue weighted by Crippen LogP contribution is -2.38. The van der Waals surface area contributed by atoms with Crippen molar-refractivity contribution in [2.75, 3.05) is 34.8 Å². The highest BCUT2D eigenvalue weighted by Gasteiger charge is 2.23. The summed E-state index contributed by atoms with van der Waals surface area (Å²) in [5, 5.41) is 7.68. The number of benzene rings is 1. The van der Waals surface area contributed by atoms with Crippen molar-refractivity contribution in [1.82, 2.24) is 15.3 Å². The van der Waals surface area contributed by atoms with E-state index in [-0.39, 0.29) is 0 Å². The van der Waals surface area contributed by atoms with Crippen molar-refractivity contribution in [3.63, 3.8) is 0 Å². The second-order valence-corrected chi connectivity index (χ2v) is 8.92. The summed E-state index contributed by atoms with van der Waals surface area (Å²) in [7, 11) is 0. The standard InChI is InChI=1S/C22H29ClN6S/c1-16-6-2-3-13-29(16)20-14-19(28-11-4-5-12-28)25-21(26-20)27-22(30)24-15-17-7-9-18(23)10-8-17/h7-10,14,16H,2-6,11-13,15H2,1H3,(H2,24,25,26,27,30)/t16-/m1/s1. The molecule has 0 bridgehead atoms. The van der Waals surface area contributed by atoms with Gasteiger partial charge < -0.3 is 20.4 Å². The van der Waals surface area contributed by atoms with Crippen LogP contribution in [0.25, 0.3) is 0 Å². The highest BCUT2D eigenvalue weighted by Crippen LogP contribution is 2.28. The third kappa shape index (κ3) is 5.32. The van der Waals surface area contributed by atoms with Crippen molar-refractivity contribution in [3.05, 3.63) is 40.9 Å². The second kappa shape index (κ2) is 9.79. The maximum absolute atomic E-state index is 5.96. The SMILES string of the molecule is C[C@@H]1CCCCN1c1cc(N2CCCC2)nc(NC(=S)NCc2ccc(Cl)cc2)n1. The largest absolute Gasteiger partial charge is 0.358 e. The molecule has 2 aliphatic rings. The fourth-order valence-corrected chi connectivity index (χ4v) is 4.39. The second-order valence-electron chi connectivity index (χ2n) is 8.07. The van der Waals surface area contributed by atoms with Gasteiger partial charge in [0, 0.05) is 43.3 Å². The molecule has 3 heterocycles. The Morgan fingerprint density at radius 1 is 1.07 bits per heavy atom. The van der Waals surface area contributed by atoms with Crippen molar-refractivity contribution in [1.29, 1.82) is 0 Å². The van der Waals surface area contributed by atoms with Gasteiger partial charge in [0.05, 0.1) is 0 Å². The highest BCUT2D eigenvalue weighted by atomic mass is 35.5. The molecule has 2 fully saturated rings. The summed E-state index contributed by atoms with van der Waals surface area (Å²) in [5.74, 6) is 2.53. The Morgan fingerprint density at radius 3 is 2.50 bits per heavy atom. The smallest absolute Gasteiger partial charge is 0.232 e. The minimum Gasteiger partial charge on any atom is -0.358 e. The van der Waals surface area contributed by atoms with Crippen molar-refractivity contribution in [3.8, 4) is 0 Å². The Hall–Kier alpha value is -2.12. The fourth-order valence-electron chi connectivity index (χ4n) is 4.10. The first kappa shape index (κ1) is 21.1. The summed E-state index contributed by atoms with van der Waals surface area (Å²) >= 11 is 11.5. The van der Waals surface area contributed by atoms with Gasteiger partial charge in [0.1, 0.15) is 11.6 Å². The van der Waals surface area contributed by atoms with Crippen molar-refractivity contribution >= 4 is 46.5 Å². The van der Waals surface area contributed by atoms with Gasteiger partial charge in [0.15, 0.2) is 5.11 Å². The lowest BCUT2D eigenvalue weighted by molar-refractivity contribution is 0.481. The van der Waals surface area contributed by atoms with E-state index in [9.17, 15) is 0 Å². The van der Waals surface area contributed by atoms with E-state index < -0.39 is 0 Å². The predicted molar refractivity (Wildman–Crippen MR) is 129 cm³/mol. The van der Waals surface area contributed by atoms with Crippen LogP contribution < -0.4 is 20.4 Å². The van der Waals surface area contributed by atoms with E-state index in [2.05, 4.69) is 33.4 Å². The lowest BCUT2D eigenvalue weighted by atomic mass is 10.0. The molecule has 0 saturated carbocycles. The number of piperidine rings is 1. The molecular weight excluding hydrogens is 416 g/mol. The summed E-state index contributed by atoms with van der Waals surface area (Å²) < 4.78 is 0. The molecule has 4 rings (SSSR count). The van der Waals surface area contributed by atoms with Gasteiger partial charge in [-0.3, -0.25) is 0 Å². The van der Waals surface area contributed by atoms with Gasteiger partial charge in [-0.05, 0) is 68.9 Å². The molecule has 2 N–H and O–H groups in total. The van der Waals surface area contributed by atoms with Gasteiger partial charge in [0.25, 0.3) is 0 Å². The quantitative estimate of drug-likeness (QED) is 0.653. The highest BCUT2D eigenvalue weighted by molar-refractivity contribution is 7.80. The Bertz CT molecular complexity index is 868. The first-order chi connectivity index (χ1) is 14.6. The molecule has 2 saturated heterocycles. The number of halogens is 1. The van der Waals surface area contributed by atoms with Crippen molar-refractivity contribution < 1.29 is 0 Å². The van der Waals surface area contributed by atoms with Crippen molar-refractivity contribution in [2.24, 2.45) is 0 Å². The molecule has 8 heteroatoms. The first-order valence-electron chi connectivity index (χ1n) is 10.8. The molecular formula is C22H29ClN6S. The Kier molecular flexibility index (Phi) is 6.89. The lowest BCUT2D eigenvalue weighted by Gasteiger charge is -2.35. The molecule has 160 valence electrons. The van der Waals surface area contributed by atoms with Crippen LogP contribution in [0.2, 0.25) is 5.02 Å². The van der Waals surface area contributed by atoms with Crippen LogP contribution in [0.1, 0.15) is 44.6 Å². The topological polar surface area (TPSA) is 56.3 Å². The number of anilines is 3. The minimum absolute atomic E-state index is 0.489. The summed E-state index contributed by atoms with van der Waals surface area (Å²) in [6.45, 7) is 6.03. The van der Waals surface area contributed by atoms with Crippen LogP contribution in [0, 0.1) is 0 Å². The molecule has 0 spiro atoms. The van der Waals surface area contributed by atoms with E-state index in [1.54, 1.807) is 0 Å². The molecule has 0 amide bonds. The maximum atomic E-state index is 5.96. The van der Waals surface area contributed by atoms with Gasteiger partial charge in [-0.2, -0.15) is 9.97 Å². The molecule has 2 aromatic rings. The normalized spacial score (nSPS) is 19.1. The van der Waals surface area contributed by atoms with Gasteiger partial charge in [-0.1, -0.05) is 23.7 Å². The minimum atomic E-state index is 0.489.